The number of hydrogen-bond acceptors (Lipinski definition) is 4. The molecule has 0 spiro atoms. The van der Waals surface area contributed by atoms with Gasteiger partial charge in [-0.3, -0.25) is 4.79 Å². The van der Waals surface area contributed by atoms with Crippen molar-refractivity contribution in [1.29, 1.82) is 0 Å². The van der Waals surface area contributed by atoms with E-state index in [0.29, 0.717) is 20.8 Å². The lowest BCUT2D eigenvalue weighted by atomic mass is 10.3. The number of carbonyl (C=O) groups is 1. The summed E-state index contributed by atoms with van der Waals surface area (Å²) < 4.78 is 0.990. The van der Waals surface area contributed by atoms with E-state index < -0.39 is 0 Å². The standard InChI is InChI=1S/C13H19Cl2N3OS/c1-17-5-7-18(8-6-17)4-2-3-16-13(19)10-9-11(14)20-12(10)15/h9H,2-8H2,1H3,(H,16,19). The van der Waals surface area contributed by atoms with Crippen LogP contribution in [0.5, 0.6) is 0 Å². The van der Waals surface area contributed by atoms with Gasteiger partial charge in [0, 0.05) is 32.7 Å². The lowest BCUT2D eigenvalue weighted by Crippen LogP contribution is -2.45. The molecule has 1 fully saturated rings. The van der Waals surface area contributed by atoms with Crippen LogP contribution >= 0.6 is 34.5 Å². The largest absolute Gasteiger partial charge is 0.352 e. The average Bonchev–Trinajstić information content (AvgIpc) is 2.75. The van der Waals surface area contributed by atoms with Crippen LogP contribution in [0.3, 0.4) is 0 Å². The highest BCUT2D eigenvalue weighted by Crippen LogP contribution is 2.30. The molecule has 0 radical (unpaired) electrons. The number of amides is 1. The van der Waals surface area contributed by atoms with Gasteiger partial charge in [-0.25, -0.2) is 0 Å². The number of nitrogens with one attached hydrogen (secondary N) is 1. The summed E-state index contributed by atoms with van der Waals surface area (Å²) in [5.74, 6) is -0.142. The zero-order valence-electron chi connectivity index (χ0n) is 11.5. The number of piperazine rings is 1. The molecule has 1 aromatic rings. The summed E-state index contributed by atoms with van der Waals surface area (Å²) in [4.78, 5) is 16.7. The Bertz CT molecular complexity index is 458. The Kier molecular flexibility index (Phi) is 6.11. The molecule has 4 nitrogen and oxygen atoms in total. The SMILES string of the molecule is CN1CCN(CCCNC(=O)c2cc(Cl)sc2Cl)CC1. The van der Waals surface area contributed by atoms with Gasteiger partial charge in [0.15, 0.2) is 0 Å². The van der Waals surface area contributed by atoms with Crippen molar-refractivity contribution in [2.24, 2.45) is 0 Å². The minimum atomic E-state index is -0.142. The van der Waals surface area contributed by atoms with Crippen molar-refractivity contribution in [1.82, 2.24) is 15.1 Å². The van der Waals surface area contributed by atoms with E-state index >= 15 is 0 Å². The van der Waals surface area contributed by atoms with Crippen LogP contribution in [0.25, 0.3) is 0 Å². The Morgan fingerprint density at radius 3 is 2.65 bits per heavy atom. The zero-order valence-corrected chi connectivity index (χ0v) is 13.8. The van der Waals surface area contributed by atoms with E-state index in [1.54, 1.807) is 6.07 Å². The fourth-order valence-corrected chi connectivity index (χ4v) is 3.62. The van der Waals surface area contributed by atoms with Crippen LogP contribution in [-0.4, -0.2) is 62.0 Å². The van der Waals surface area contributed by atoms with Gasteiger partial charge in [-0.15, -0.1) is 11.3 Å². The minimum Gasteiger partial charge on any atom is -0.352 e. The first-order valence-electron chi connectivity index (χ1n) is 6.70. The number of carbonyl (C=O) groups excluding carboxylic acids is 1. The average molecular weight is 336 g/mol. The van der Waals surface area contributed by atoms with E-state index in [1.807, 2.05) is 0 Å². The molecular formula is C13H19Cl2N3OS. The second kappa shape index (κ2) is 7.61. The maximum Gasteiger partial charge on any atom is 0.253 e. The number of halogens is 2. The van der Waals surface area contributed by atoms with Crippen LogP contribution in [0.1, 0.15) is 16.8 Å². The number of thiophene rings is 1. The fraction of sp³-hybridized carbons (Fsp3) is 0.615. The van der Waals surface area contributed by atoms with Crippen LogP contribution in [0.15, 0.2) is 6.07 Å². The van der Waals surface area contributed by atoms with E-state index in [-0.39, 0.29) is 5.91 Å². The zero-order chi connectivity index (χ0) is 14.5. The molecule has 0 unspecified atom stereocenters. The van der Waals surface area contributed by atoms with Gasteiger partial charge in [0.1, 0.15) is 4.34 Å². The molecule has 0 atom stereocenters. The lowest BCUT2D eigenvalue weighted by Gasteiger charge is -2.32. The molecule has 1 aliphatic heterocycles. The van der Waals surface area contributed by atoms with Crippen LogP contribution in [0.4, 0.5) is 0 Å². The van der Waals surface area contributed by atoms with Crippen LogP contribution < -0.4 is 5.32 Å². The third kappa shape index (κ3) is 4.60. The Morgan fingerprint density at radius 1 is 1.35 bits per heavy atom. The maximum atomic E-state index is 11.9. The van der Waals surface area contributed by atoms with Gasteiger partial charge in [-0.05, 0) is 26.1 Å². The van der Waals surface area contributed by atoms with Crippen molar-refractivity contribution in [2.45, 2.75) is 6.42 Å². The summed E-state index contributed by atoms with van der Waals surface area (Å²) >= 11 is 13.0. The van der Waals surface area contributed by atoms with E-state index in [2.05, 4.69) is 22.2 Å². The van der Waals surface area contributed by atoms with Gasteiger partial charge in [0.05, 0.1) is 9.90 Å². The molecule has 2 rings (SSSR count). The molecular weight excluding hydrogens is 317 g/mol. The lowest BCUT2D eigenvalue weighted by molar-refractivity contribution is 0.0950. The van der Waals surface area contributed by atoms with E-state index in [1.165, 1.54) is 11.3 Å². The summed E-state index contributed by atoms with van der Waals surface area (Å²) in [6.07, 6.45) is 0.949. The second-order valence-corrected chi connectivity index (χ2v) is 7.28. The van der Waals surface area contributed by atoms with Crippen molar-refractivity contribution in [3.8, 4) is 0 Å². The van der Waals surface area contributed by atoms with Gasteiger partial charge >= 0.3 is 0 Å². The highest BCUT2D eigenvalue weighted by Gasteiger charge is 2.15. The predicted molar refractivity (Wildman–Crippen MR) is 85.2 cm³/mol. The first-order valence-corrected chi connectivity index (χ1v) is 8.27. The Morgan fingerprint density at radius 2 is 2.05 bits per heavy atom. The molecule has 2 heterocycles. The topological polar surface area (TPSA) is 35.6 Å². The number of nitrogens with zero attached hydrogens (tertiary/aromatic N) is 2. The molecule has 1 N–H and O–H groups in total. The second-order valence-electron chi connectivity index (χ2n) is 4.99. The van der Waals surface area contributed by atoms with E-state index in [9.17, 15) is 4.79 Å². The van der Waals surface area contributed by atoms with Gasteiger partial charge in [0.2, 0.25) is 0 Å². The van der Waals surface area contributed by atoms with E-state index in [4.69, 9.17) is 23.2 Å². The maximum absolute atomic E-state index is 11.9. The molecule has 7 heteroatoms. The molecule has 0 aliphatic carbocycles. The van der Waals surface area contributed by atoms with Crippen LogP contribution in [0, 0.1) is 0 Å². The molecule has 1 aromatic heterocycles. The van der Waals surface area contributed by atoms with Crippen molar-refractivity contribution >= 4 is 40.4 Å². The normalized spacial score (nSPS) is 17.4. The van der Waals surface area contributed by atoms with Crippen LogP contribution in [-0.2, 0) is 0 Å². The molecule has 20 heavy (non-hydrogen) atoms. The smallest absolute Gasteiger partial charge is 0.253 e. The van der Waals surface area contributed by atoms with Crippen molar-refractivity contribution in [2.75, 3.05) is 46.3 Å². The Hall–Kier alpha value is -0.330. The Balaban J connectivity index is 1.66. The minimum absolute atomic E-state index is 0.142. The molecule has 0 bridgehead atoms. The molecule has 1 saturated heterocycles. The first kappa shape index (κ1) is 16.0. The third-order valence-electron chi connectivity index (χ3n) is 3.43. The van der Waals surface area contributed by atoms with Crippen molar-refractivity contribution in [3.05, 3.63) is 20.3 Å². The highest BCUT2D eigenvalue weighted by atomic mass is 35.5. The summed E-state index contributed by atoms with van der Waals surface area (Å²) in [5, 5.41) is 2.89. The monoisotopic (exact) mass is 335 g/mol. The van der Waals surface area contributed by atoms with Crippen molar-refractivity contribution < 1.29 is 4.79 Å². The number of rotatable bonds is 5. The first-order chi connectivity index (χ1) is 9.56. The Labute approximate surface area is 133 Å². The van der Waals surface area contributed by atoms with E-state index in [0.717, 1.165) is 39.1 Å². The number of likely N-dealkylation sites (N-methyl/N-ethyl adjacent to an activating group) is 1. The highest BCUT2D eigenvalue weighted by molar-refractivity contribution is 7.20. The van der Waals surface area contributed by atoms with Crippen molar-refractivity contribution in [3.63, 3.8) is 0 Å². The number of hydrogen-bond donors (Lipinski definition) is 1. The molecule has 0 saturated carbocycles. The van der Waals surface area contributed by atoms with Gasteiger partial charge < -0.3 is 15.1 Å². The summed E-state index contributed by atoms with van der Waals surface area (Å²) in [6, 6.07) is 1.62. The summed E-state index contributed by atoms with van der Waals surface area (Å²) in [7, 11) is 2.15. The third-order valence-corrected chi connectivity index (χ3v) is 4.92. The molecule has 1 aliphatic rings. The van der Waals surface area contributed by atoms with Gasteiger partial charge in [0.25, 0.3) is 5.91 Å². The van der Waals surface area contributed by atoms with Crippen LogP contribution in [0.2, 0.25) is 8.67 Å². The molecule has 1 amide bonds. The molecule has 0 aromatic carbocycles. The quantitative estimate of drug-likeness (QED) is 0.839. The predicted octanol–water partition coefficient (Wildman–Crippen LogP) is 2.42. The fourth-order valence-electron chi connectivity index (χ4n) is 2.17. The van der Waals surface area contributed by atoms with Gasteiger partial charge in [-0.2, -0.15) is 0 Å². The summed E-state index contributed by atoms with van der Waals surface area (Å²) in [6.45, 7) is 6.14. The molecule has 112 valence electrons. The van der Waals surface area contributed by atoms with Gasteiger partial charge in [-0.1, -0.05) is 23.2 Å². The summed E-state index contributed by atoms with van der Waals surface area (Å²) in [5.41, 5.74) is 0.473.